The molecule has 19 heavy (non-hydrogen) atoms. The van der Waals surface area contributed by atoms with Crippen LogP contribution in [0.25, 0.3) is 0 Å². The number of nitrogens with zero attached hydrogens (tertiary/aromatic N) is 1. The molecule has 2 aromatic rings. The zero-order valence-corrected chi connectivity index (χ0v) is 11.9. The van der Waals surface area contributed by atoms with Crippen LogP contribution in [0.5, 0.6) is 0 Å². The lowest BCUT2D eigenvalue weighted by Gasteiger charge is -2.11. The van der Waals surface area contributed by atoms with Gasteiger partial charge in [-0.25, -0.2) is 4.39 Å². The number of rotatable bonds is 5. The Labute approximate surface area is 118 Å². The second-order valence-electron chi connectivity index (χ2n) is 4.58. The third-order valence-corrected chi connectivity index (χ3v) is 3.74. The first-order chi connectivity index (χ1) is 9.15. The van der Waals surface area contributed by atoms with E-state index < -0.39 is 0 Å². The van der Waals surface area contributed by atoms with Crippen molar-refractivity contribution >= 4 is 11.6 Å². The zero-order chi connectivity index (χ0) is 13.8. The molecule has 2 nitrogen and oxygen atoms in total. The third-order valence-electron chi connectivity index (χ3n) is 3.32. The van der Waals surface area contributed by atoms with Gasteiger partial charge >= 0.3 is 0 Å². The lowest BCUT2D eigenvalue weighted by molar-refractivity contribution is 0.575. The average molecular weight is 281 g/mol. The van der Waals surface area contributed by atoms with Gasteiger partial charge in [0.15, 0.2) is 0 Å². The van der Waals surface area contributed by atoms with E-state index in [0.717, 1.165) is 12.0 Å². The first kappa shape index (κ1) is 14.1. The smallest absolute Gasteiger partial charge is 0.142 e. The van der Waals surface area contributed by atoms with Crippen LogP contribution in [0.1, 0.15) is 30.5 Å². The van der Waals surface area contributed by atoms with Crippen LogP contribution in [0.3, 0.4) is 0 Å². The highest BCUT2D eigenvalue weighted by Gasteiger charge is 2.10. The molecule has 0 aliphatic heterocycles. The van der Waals surface area contributed by atoms with Gasteiger partial charge in [0.05, 0.1) is 5.02 Å². The van der Waals surface area contributed by atoms with Crippen molar-refractivity contribution in [2.24, 2.45) is 0 Å². The molecule has 1 atom stereocenters. The topological polar surface area (TPSA) is 17.0 Å². The average Bonchev–Trinajstić information content (AvgIpc) is 2.85. The Morgan fingerprint density at radius 3 is 2.84 bits per heavy atom. The van der Waals surface area contributed by atoms with Gasteiger partial charge in [0, 0.05) is 25.0 Å². The molecular weight excluding hydrogens is 263 g/mol. The molecule has 0 aliphatic rings. The van der Waals surface area contributed by atoms with E-state index in [9.17, 15) is 4.39 Å². The van der Waals surface area contributed by atoms with Gasteiger partial charge in [0.25, 0.3) is 0 Å². The SMILES string of the molecule is CCC(NC)c1ccn(Cc2cccc(F)c2Cl)c1. The maximum atomic E-state index is 13.4. The number of nitrogens with one attached hydrogen (secondary N) is 1. The van der Waals surface area contributed by atoms with Gasteiger partial charge in [-0.15, -0.1) is 0 Å². The van der Waals surface area contributed by atoms with Gasteiger partial charge in [-0.05, 0) is 36.7 Å². The predicted octanol–water partition coefficient (Wildman–Crippen LogP) is 4.00. The Hall–Kier alpha value is -1.32. The number of benzene rings is 1. The molecule has 0 amide bonds. The molecule has 0 saturated heterocycles. The van der Waals surface area contributed by atoms with Crippen LogP contribution in [-0.4, -0.2) is 11.6 Å². The summed E-state index contributed by atoms with van der Waals surface area (Å²) < 4.78 is 15.4. The van der Waals surface area contributed by atoms with Crippen molar-refractivity contribution in [3.63, 3.8) is 0 Å². The minimum atomic E-state index is -0.367. The summed E-state index contributed by atoms with van der Waals surface area (Å²) in [5.74, 6) is -0.367. The Morgan fingerprint density at radius 2 is 2.16 bits per heavy atom. The molecule has 2 rings (SSSR count). The fraction of sp³-hybridized carbons (Fsp3) is 0.333. The molecule has 0 saturated carbocycles. The lowest BCUT2D eigenvalue weighted by atomic mass is 10.1. The van der Waals surface area contributed by atoms with E-state index >= 15 is 0 Å². The van der Waals surface area contributed by atoms with Crippen molar-refractivity contribution in [1.29, 1.82) is 0 Å². The summed E-state index contributed by atoms with van der Waals surface area (Å²) in [6, 6.07) is 7.34. The third kappa shape index (κ3) is 3.17. The van der Waals surface area contributed by atoms with Gasteiger partial charge in [-0.3, -0.25) is 0 Å². The molecule has 1 aromatic carbocycles. The summed E-state index contributed by atoms with van der Waals surface area (Å²) in [6.07, 6.45) is 5.10. The normalized spacial score (nSPS) is 12.6. The van der Waals surface area contributed by atoms with E-state index in [-0.39, 0.29) is 10.8 Å². The predicted molar refractivity (Wildman–Crippen MR) is 77.0 cm³/mol. The molecule has 1 N–H and O–H groups in total. The standard InChI is InChI=1S/C15H18ClFN2/c1-3-14(18-2)11-7-8-19(9-11)10-12-5-4-6-13(17)15(12)16/h4-9,14,18H,3,10H2,1-2H3. The van der Waals surface area contributed by atoms with Crippen LogP contribution >= 0.6 is 11.6 Å². The van der Waals surface area contributed by atoms with Gasteiger partial charge in [0.1, 0.15) is 5.82 Å². The molecule has 0 fully saturated rings. The molecular formula is C15H18ClFN2. The highest BCUT2D eigenvalue weighted by molar-refractivity contribution is 6.31. The quantitative estimate of drug-likeness (QED) is 0.876. The highest BCUT2D eigenvalue weighted by atomic mass is 35.5. The minimum absolute atomic E-state index is 0.207. The van der Waals surface area contributed by atoms with Crippen molar-refractivity contribution in [2.45, 2.75) is 25.9 Å². The van der Waals surface area contributed by atoms with Crippen molar-refractivity contribution in [1.82, 2.24) is 9.88 Å². The Bertz CT molecular complexity index is 547. The molecule has 0 bridgehead atoms. The van der Waals surface area contributed by atoms with Gasteiger partial charge in [-0.1, -0.05) is 30.7 Å². The maximum absolute atomic E-state index is 13.4. The second-order valence-corrected chi connectivity index (χ2v) is 4.96. The number of hydrogen-bond donors (Lipinski definition) is 1. The lowest BCUT2D eigenvalue weighted by Crippen LogP contribution is -2.14. The van der Waals surface area contributed by atoms with Crippen LogP contribution in [0.2, 0.25) is 5.02 Å². The van der Waals surface area contributed by atoms with Gasteiger partial charge < -0.3 is 9.88 Å². The van der Waals surface area contributed by atoms with Crippen LogP contribution in [0.4, 0.5) is 4.39 Å². The van der Waals surface area contributed by atoms with Crippen LogP contribution < -0.4 is 5.32 Å². The van der Waals surface area contributed by atoms with E-state index in [1.165, 1.54) is 11.6 Å². The Kier molecular flexibility index (Phi) is 4.61. The van der Waals surface area contributed by atoms with Crippen molar-refractivity contribution < 1.29 is 4.39 Å². The summed E-state index contributed by atoms with van der Waals surface area (Å²) in [5, 5.41) is 3.47. The van der Waals surface area contributed by atoms with Gasteiger partial charge in [-0.2, -0.15) is 0 Å². The zero-order valence-electron chi connectivity index (χ0n) is 11.2. The molecule has 102 valence electrons. The van der Waals surface area contributed by atoms with E-state index in [0.29, 0.717) is 12.6 Å². The fourth-order valence-corrected chi connectivity index (χ4v) is 2.42. The molecule has 1 unspecified atom stereocenters. The van der Waals surface area contributed by atoms with Crippen molar-refractivity contribution in [3.05, 3.63) is 58.6 Å². The maximum Gasteiger partial charge on any atom is 0.142 e. The first-order valence-electron chi connectivity index (χ1n) is 6.41. The number of aromatic nitrogens is 1. The van der Waals surface area contributed by atoms with E-state index in [1.54, 1.807) is 6.07 Å². The summed E-state index contributed by atoms with van der Waals surface area (Å²) >= 11 is 5.97. The first-order valence-corrected chi connectivity index (χ1v) is 6.79. The minimum Gasteiger partial charge on any atom is -0.350 e. The molecule has 4 heteroatoms. The summed E-state index contributed by atoms with van der Waals surface area (Å²) in [5.41, 5.74) is 2.03. The Morgan fingerprint density at radius 1 is 1.37 bits per heavy atom. The summed E-state index contributed by atoms with van der Waals surface area (Å²) in [7, 11) is 1.95. The second kappa shape index (κ2) is 6.22. The molecule has 1 heterocycles. The molecule has 0 spiro atoms. The number of hydrogen-bond acceptors (Lipinski definition) is 1. The van der Waals surface area contributed by atoms with E-state index in [4.69, 9.17) is 11.6 Å². The largest absolute Gasteiger partial charge is 0.350 e. The monoisotopic (exact) mass is 280 g/mol. The number of halogens is 2. The van der Waals surface area contributed by atoms with Crippen LogP contribution in [0, 0.1) is 5.82 Å². The summed E-state index contributed by atoms with van der Waals surface area (Å²) in [4.78, 5) is 0. The van der Waals surface area contributed by atoms with E-state index in [2.05, 4.69) is 24.5 Å². The van der Waals surface area contributed by atoms with Gasteiger partial charge in [0.2, 0.25) is 0 Å². The summed E-state index contributed by atoms with van der Waals surface area (Å²) in [6.45, 7) is 2.72. The molecule has 1 aromatic heterocycles. The van der Waals surface area contributed by atoms with Crippen molar-refractivity contribution in [2.75, 3.05) is 7.05 Å². The molecule has 0 radical (unpaired) electrons. The Balaban J connectivity index is 2.18. The van der Waals surface area contributed by atoms with E-state index in [1.807, 2.05) is 23.9 Å². The molecule has 0 aliphatic carbocycles. The van der Waals surface area contributed by atoms with Crippen LogP contribution in [0.15, 0.2) is 36.7 Å². The van der Waals surface area contributed by atoms with Crippen LogP contribution in [-0.2, 0) is 6.54 Å². The highest BCUT2D eigenvalue weighted by Crippen LogP contribution is 2.22. The van der Waals surface area contributed by atoms with Crippen molar-refractivity contribution in [3.8, 4) is 0 Å². The fourth-order valence-electron chi connectivity index (χ4n) is 2.24.